The molecule has 0 radical (unpaired) electrons. The summed E-state index contributed by atoms with van der Waals surface area (Å²) >= 11 is 8.98. The van der Waals surface area contributed by atoms with Crippen LogP contribution in [-0.2, 0) is 19.9 Å². The molecule has 0 fully saturated rings. The van der Waals surface area contributed by atoms with Crippen molar-refractivity contribution in [3.8, 4) is 0 Å². The number of thiophene rings is 1. The lowest BCUT2D eigenvalue weighted by molar-refractivity contribution is -0.384. The van der Waals surface area contributed by atoms with Gasteiger partial charge < -0.3 is 0 Å². The van der Waals surface area contributed by atoms with Gasteiger partial charge in [0.05, 0.1) is 15.3 Å². The third-order valence-electron chi connectivity index (χ3n) is 4.23. The molecular formula is C16H12ClN3O3S2. The van der Waals surface area contributed by atoms with Gasteiger partial charge >= 0.3 is 0 Å². The average molecular weight is 394 g/mol. The molecule has 0 saturated heterocycles. The zero-order chi connectivity index (χ0) is 17.7. The molecule has 128 valence electrons. The molecule has 0 aliphatic heterocycles. The number of hydrogen-bond donors (Lipinski definition) is 0. The van der Waals surface area contributed by atoms with Gasteiger partial charge in [0.1, 0.15) is 4.83 Å². The highest BCUT2D eigenvalue weighted by Gasteiger charge is 2.23. The second kappa shape index (κ2) is 6.12. The van der Waals surface area contributed by atoms with E-state index < -0.39 is 4.92 Å². The SMILES string of the molecule is Cn1c(Sc2ccc([N+](=O)[O-])cc2Cl)nc2sc3c(c2c1=O)CCC3. The summed E-state index contributed by atoms with van der Waals surface area (Å²) in [5.41, 5.74) is 1.03. The standard InChI is InChI=1S/C16H12ClN3O3S2/c1-19-15(21)13-9-3-2-4-11(9)24-14(13)18-16(19)25-12-6-5-8(20(22)23)7-10(12)17/h5-7H,2-4H2,1H3. The van der Waals surface area contributed by atoms with Gasteiger partial charge in [0.2, 0.25) is 0 Å². The van der Waals surface area contributed by atoms with Crippen LogP contribution >= 0.6 is 34.7 Å². The first kappa shape index (κ1) is 16.6. The molecule has 0 N–H and O–H groups in total. The lowest BCUT2D eigenvalue weighted by atomic mass is 10.2. The number of nitro groups is 1. The number of aryl methyl sites for hydroxylation is 2. The van der Waals surface area contributed by atoms with E-state index in [0.29, 0.717) is 10.1 Å². The first-order chi connectivity index (χ1) is 12.0. The first-order valence-corrected chi connectivity index (χ1v) is 9.60. The van der Waals surface area contributed by atoms with Crippen molar-refractivity contribution in [1.82, 2.24) is 9.55 Å². The van der Waals surface area contributed by atoms with Gasteiger partial charge in [0.25, 0.3) is 11.2 Å². The van der Waals surface area contributed by atoms with Gasteiger partial charge in [-0.2, -0.15) is 0 Å². The van der Waals surface area contributed by atoms with Crippen molar-refractivity contribution in [2.75, 3.05) is 0 Å². The van der Waals surface area contributed by atoms with E-state index in [1.165, 1.54) is 33.3 Å². The largest absolute Gasteiger partial charge is 0.290 e. The van der Waals surface area contributed by atoms with E-state index in [9.17, 15) is 14.9 Å². The number of aromatic nitrogens is 2. The molecule has 3 aromatic rings. The third kappa shape index (κ3) is 2.74. The van der Waals surface area contributed by atoms with E-state index >= 15 is 0 Å². The van der Waals surface area contributed by atoms with Crippen molar-refractivity contribution in [2.45, 2.75) is 29.3 Å². The zero-order valence-corrected chi connectivity index (χ0v) is 15.5. The third-order valence-corrected chi connectivity index (χ3v) is 6.97. The average Bonchev–Trinajstić information content (AvgIpc) is 3.14. The van der Waals surface area contributed by atoms with E-state index in [4.69, 9.17) is 11.6 Å². The number of halogens is 1. The molecule has 4 rings (SSSR count). The Labute approximate surface area is 155 Å². The van der Waals surface area contributed by atoms with E-state index in [-0.39, 0.29) is 16.3 Å². The summed E-state index contributed by atoms with van der Waals surface area (Å²) in [4.78, 5) is 30.4. The molecule has 2 heterocycles. The van der Waals surface area contributed by atoms with Gasteiger partial charge in [0.15, 0.2) is 5.16 Å². The fourth-order valence-electron chi connectivity index (χ4n) is 2.98. The van der Waals surface area contributed by atoms with Crippen molar-refractivity contribution >= 4 is 50.6 Å². The summed E-state index contributed by atoms with van der Waals surface area (Å²) in [6.07, 6.45) is 3.04. The van der Waals surface area contributed by atoms with Crippen molar-refractivity contribution in [3.05, 3.63) is 54.1 Å². The zero-order valence-electron chi connectivity index (χ0n) is 13.1. The number of non-ortho nitro benzene ring substituents is 1. The Morgan fingerprint density at radius 3 is 2.92 bits per heavy atom. The quantitative estimate of drug-likeness (QED) is 0.378. The van der Waals surface area contributed by atoms with Crippen LogP contribution in [0.15, 0.2) is 33.0 Å². The molecule has 0 amide bonds. The summed E-state index contributed by atoms with van der Waals surface area (Å²) in [5, 5.41) is 12.3. The van der Waals surface area contributed by atoms with Gasteiger partial charge in [-0.05, 0) is 42.7 Å². The van der Waals surface area contributed by atoms with E-state index in [1.807, 2.05) is 0 Å². The number of benzene rings is 1. The maximum absolute atomic E-state index is 12.8. The number of hydrogen-bond acceptors (Lipinski definition) is 6. The number of nitro benzene ring substituents is 1. The van der Waals surface area contributed by atoms with Crippen LogP contribution < -0.4 is 5.56 Å². The van der Waals surface area contributed by atoms with Crippen LogP contribution in [0.25, 0.3) is 10.2 Å². The van der Waals surface area contributed by atoms with Crippen molar-refractivity contribution in [1.29, 1.82) is 0 Å². The fraction of sp³-hybridized carbons (Fsp3) is 0.250. The molecule has 1 aliphatic rings. The molecular weight excluding hydrogens is 382 g/mol. The Morgan fingerprint density at radius 2 is 2.20 bits per heavy atom. The topological polar surface area (TPSA) is 78.0 Å². The maximum atomic E-state index is 12.8. The van der Waals surface area contributed by atoms with Crippen LogP contribution in [0.2, 0.25) is 5.02 Å². The van der Waals surface area contributed by atoms with Gasteiger partial charge in [-0.15, -0.1) is 11.3 Å². The van der Waals surface area contributed by atoms with E-state index in [1.54, 1.807) is 24.5 Å². The minimum atomic E-state index is -0.492. The molecule has 0 unspecified atom stereocenters. The van der Waals surface area contributed by atoms with Crippen LogP contribution in [-0.4, -0.2) is 14.5 Å². The predicted molar refractivity (Wildman–Crippen MR) is 99.1 cm³/mol. The van der Waals surface area contributed by atoms with Gasteiger partial charge in [-0.1, -0.05) is 11.6 Å². The second-order valence-electron chi connectivity index (χ2n) is 5.77. The molecule has 0 atom stereocenters. The highest BCUT2D eigenvalue weighted by Crippen LogP contribution is 2.38. The summed E-state index contributed by atoms with van der Waals surface area (Å²) in [6, 6.07) is 4.28. The van der Waals surface area contributed by atoms with Crippen LogP contribution in [0, 0.1) is 10.1 Å². The molecule has 0 bridgehead atoms. The lowest BCUT2D eigenvalue weighted by Crippen LogP contribution is -2.20. The predicted octanol–water partition coefficient (Wildman–Crippen LogP) is 4.20. The van der Waals surface area contributed by atoms with Crippen molar-refractivity contribution in [3.63, 3.8) is 0 Å². The Balaban J connectivity index is 1.79. The number of fused-ring (bicyclic) bond motifs is 3. The molecule has 1 aromatic carbocycles. The van der Waals surface area contributed by atoms with Gasteiger partial charge in [-0.25, -0.2) is 4.98 Å². The fourth-order valence-corrected chi connectivity index (χ4v) is 5.43. The Morgan fingerprint density at radius 1 is 1.40 bits per heavy atom. The Hall–Kier alpha value is -1.90. The summed E-state index contributed by atoms with van der Waals surface area (Å²) in [6.45, 7) is 0. The number of rotatable bonds is 3. The van der Waals surface area contributed by atoms with Crippen LogP contribution in [0.4, 0.5) is 5.69 Å². The van der Waals surface area contributed by atoms with Crippen LogP contribution in [0.5, 0.6) is 0 Å². The number of nitrogens with zero attached hydrogens (tertiary/aromatic N) is 3. The monoisotopic (exact) mass is 393 g/mol. The minimum absolute atomic E-state index is 0.0510. The maximum Gasteiger partial charge on any atom is 0.270 e. The van der Waals surface area contributed by atoms with Gasteiger partial charge in [-0.3, -0.25) is 19.5 Å². The summed E-state index contributed by atoms with van der Waals surface area (Å²) in [5.74, 6) is 0. The van der Waals surface area contributed by atoms with Crippen molar-refractivity contribution < 1.29 is 4.92 Å². The normalized spacial score (nSPS) is 13.4. The first-order valence-electron chi connectivity index (χ1n) is 7.59. The molecule has 6 nitrogen and oxygen atoms in total. The Kier molecular flexibility index (Phi) is 4.05. The van der Waals surface area contributed by atoms with Crippen molar-refractivity contribution in [2.24, 2.45) is 7.05 Å². The minimum Gasteiger partial charge on any atom is -0.290 e. The molecule has 9 heteroatoms. The van der Waals surface area contributed by atoms with Crippen LogP contribution in [0.3, 0.4) is 0 Å². The highest BCUT2D eigenvalue weighted by molar-refractivity contribution is 7.99. The summed E-state index contributed by atoms with van der Waals surface area (Å²) in [7, 11) is 1.69. The van der Waals surface area contributed by atoms with Gasteiger partial charge in [0, 0.05) is 29.0 Å². The highest BCUT2D eigenvalue weighted by atomic mass is 35.5. The smallest absolute Gasteiger partial charge is 0.270 e. The molecule has 25 heavy (non-hydrogen) atoms. The molecule has 0 spiro atoms. The van der Waals surface area contributed by atoms with Crippen LogP contribution in [0.1, 0.15) is 16.9 Å². The van der Waals surface area contributed by atoms with E-state index in [0.717, 1.165) is 35.0 Å². The lowest BCUT2D eigenvalue weighted by Gasteiger charge is -2.08. The molecule has 1 aliphatic carbocycles. The Bertz CT molecular complexity index is 1090. The summed E-state index contributed by atoms with van der Waals surface area (Å²) < 4.78 is 1.52. The second-order valence-corrected chi connectivity index (χ2v) is 8.27. The molecule has 0 saturated carbocycles. The van der Waals surface area contributed by atoms with E-state index in [2.05, 4.69) is 4.98 Å². The molecule has 2 aromatic heterocycles.